The Morgan fingerprint density at radius 2 is 1.75 bits per heavy atom. The van der Waals surface area contributed by atoms with Crippen LogP contribution < -0.4 is 0 Å². The molecule has 1 rings (SSSR count). The predicted molar refractivity (Wildman–Crippen MR) is 81.2 cm³/mol. The fraction of sp³-hybridized carbons (Fsp3) is 0.562. The number of benzene rings is 1. The van der Waals surface area contributed by atoms with Crippen LogP contribution in [0.5, 0.6) is 0 Å². The molecule has 0 aliphatic rings. The predicted octanol–water partition coefficient (Wildman–Crippen LogP) is 2.95. The maximum atomic E-state index is 9.57. The van der Waals surface area contributed by atoms with Gasteiger partial charge in [0.05, 0.1) is 18.9 Å². The lowest BCUT2D eigenvalue weighted by Crippen LogP contribution is -2.22. The summed E-state index contributed by atoms with van der Waals surface area (Å²) in [6, 6.07) is 8.16. The summed E-state index contributed by atoms with van der Waals surface area (Å²) < 4.78 is 5.27. The molecule has 1 atom stereocenters. The molecule has 1 aromatic rings. The second kappa shape index (κ2) is 8.72. The fourth-order valence-corrected chi connectivity index (χ4v) is 1.55. The van der Waals surface area contributed by atoms with E-state index in [-0.39, 0.29) is 19.3 Å². The molecule has 0 aliphatic carbocycles. The molecule has 0 fully saturated rings. The fourth-order valence-electron chi connectivity index (χ4n) is 1.55. The van der Waals surface area contributed by atoms with Gasteiger partial charge in [0.25, 0.3) is 0 Å². The summed E-state index contributed by atoms with van der Waals surface area (Å²) in [6.07, 6.45) is 1.09. The number of oxime groups is 1. The van der Waals surface area contributed by atoms with Gasteiger partial charge in [0, 0.05) is 0 Å². The van der Waals surface area contributed by atoms with Gasteiger partial charge >= 0.3 is 0 Å². The lowest BCUT2D eigenvalue weighted by atomic mass is 10.0. The van der Waals surface area contributed by atoms with Crippen LogP contribution in [0.1, 0.15) is 44.7 Å². The molecule has 0 saturated heterocycles. The highest BCUT2D eigenvalue weighted by atomic mass is 16.6. The molecule has 0 bridgehead atoms. The number of hydrogen-bond acceptors (Lipinski definition) is 4. The molecule has 0 aromatic heterocycles. The Balaban J connectivity index is 2.30. The van der Waals surface area contributed by atoms with E-state index in [1.807, 2.05) is 26.0 Å². The summed E-state index contributed by atoms with van der Waals surface area (Å²) in [7, 11) is 0. The quantitative estimate of drug-likeness (QED) is 0.588. The Bertz CT molecular complexity index is 399. The lowest BCUT2D eigenvalue weighted by Gasteiger charge is -2.11. The van der Waals surface area contributed by atoms with Crippen molar-refractivity contribution in [3.8, 4) is 0 Å². The standard InChI is InChI=1S/C16H25NO3/c1-12(2)15-7-5-14(6-8-15)9-17-20-11-16(18)10-19-13(3)4/h5-9,12-13,16,18H,10-11H2,1-4H3/b17-9+. The van der Waals surface area contributed by atoms with E-state index in [2.05, 4.69) is 31.1 Å². The number of ether oxygens (including phenoxy) is 1. The molecule has 1 N–H and O–H groups in total. The summed E-state index contributed by atoms with van der Waals surface area (Å²) in [6.45, 7) is 8.56. The van der Waals surface area contributed by atoms with Crippen molar-refractivity contribution in [1.82, 2.24) is 0 Å². The summed E-state index contributed by atoms with van der Waals surface area (Å²) in [5.41, 5.74) is 2.27. The Kier molecular flexibility index (Phi) is 7.26. The van der Waals surface area contributed by atoms with Crippen LogP contribution in [-0.4, -0.2) is 36.7 Å². The minimum absolute atomic E-state index is 0.104. The van der Waals surface area contributed by atoms with Gasteiger partial charge in [-0.25, -0.2) is 0 Å². The van der Waals surface area contributed by atoms with Crippen LogP contribution in [0.25, 0.3) is 0 Å². The molecule has 0 radical (unpaired) electrons. The Labute approximate surface area is 121 Å². The highest BCUT2D eigenvalue weighted by Crippen LogP contribution is 2.13. The van der Waals surface area contributed by atoms with E-state index in [4.69, 9.17) is 9.57 Å². The minimum Gasteiger partial charge on any atom is -0.393 e. The summed E-state index contributed by atoms with van der Waals surface area (Å²) in [5, 5.41) is 13.4. The average molecular weight is 279 g/mol. The van der Waals surface area contributed by atoms with E-state index in [0.717, 1.165) is 5.56 Å². The summed E-state index contributed by atoms with van der Waals surface area (Å²) >= 11 is 0. The third kappa shape index (κ3) is 6.68. The summed E-state index contributed by atoms with van der Waals surface area (Å²) in [5.74, 6) is 0.522. The largest absolute Gasteiger partial charge is 0.393 e. The maximum absolute atomic E-state index is 9.57. The Morgan fingerprint density at radius 3 is 2.30 bits per heavy atom. The first-order valence-corrected chi connectivity index (χ1v) is 7.04. The van der Waals surface area contributed by atoms with Gasteiger partial charge in [0.2, 0.25) is 0 Å². The molecule has 20 heavy (non-hydrogen) atoms. The van der Waals surface area contributed by atoms with Crippen LogP contribution >= 0.6 is 0 Å². The second-order valence-electron chi connectivity index (χ2n) is 5.39. The van der Waals surface area contributed by atoms with Gasteiger partial charge in [-0.3, -0.25) is 0 Å². The number of hydrogen-bond donors (Lipinski definition) is 1. The van der Waals surface area contributed by atoms with Crippen molar-refractivity contribution in [3.63, 3.8) is 0 Å². The molecular weight excluding hydrogens is 254 g/mol. The van der Waals surface area contributed by atoms with Gasteiger partial charge in [-0.15, -0.1) is 0 Å². The maximum Gasteiger partial charge on any atom is 0.145 e. The number of aliphatic hydroxyl groups excluding tert-OH is 1. The molecule has 1 unspecified atom stereocenters. The Hall–Kier alpha value is -1.39. The first kappa shape index (κ1) is 16.7. The highest BCUT2D eigenvalue weighted by molar-refractivity contribution is 5.79. The average Bonchev–Trinajstić information content (AvgIpc) is 2.42. The Morgan fingerprint density at radius 1 is 1.10 bits per heavy atom. The number of rotatable bonds is 8. The number of aliphatic hydroxyl groups is 1. The monoisotopic (exact) mass is 279 g/mol. The zero-order valence-electron chi connectivity index (χ0n) is 12.7. The lowest BCUT2D eigenvalue weighted by molar-refractivity contribution is -0.0343. The SMILES string of the molecule is CC(C)OCC(O)CO/N=C/c1ccc(C(C)C)cc1. The third-order valence-electron chi connectivity index (χ3n) is 2.77. The van der Waals surface area contributed by atoms with E-state index in [1.54, 1.807) is 6.21 Å². The molecule has 0 saturated carbocycles. The van der Waals surface area contributed by atoms with Crippen LogP contribution in [-0.2, 0) is 9.57 Å². The van der Waals surface area contributed by atoms with Crippen LogP contribution in [0, 0.1) is 0 Å². The van der Waals surface area contributed by atoms with E-state index >= 15 is 0 Å². The van der Waals surface area contributed by atoms with Crippen molar-refractivity contribution < 1.29 is 14.7 Å². The van der Waals surface area contributed by atoms with Crippen molar-refractivity contribution in [2.45, 2.75) is 45.8 Å². The van der Waals surface area contributed by atoms with Crippen LogP contribution in [0.3, 0.4) is 0 Å². The van der Waals surface area contributed by atoms with Crippen LogP contribution in [0.4, 0.5) is 0 Å². The van der Waals surface area contributed by atoms with E-state index in [0.29, 0.717) is 5.92 Å². The van der Waals surface area contributed by atoms with Gasteiger partial charge in [0.15, 0.2) is 0 Å². The van der Waals surface area contributed by atoms with Gasteiger partial charge < -0.3 is 14.7 Å². The van der Waals surface area contributed by atoms with Crippen molar-refractivity contribution in [2.75, 3.05) is 13.2 Å². The molecular formula is C16H25NO3. The van der Waals surface area contributed by atoms with E-state index < -0.39 is 6.10 Å². The van der Waals surface area contributed by atoms with E-state index in [9.17, 15) is 5.11 Å². The first-order valence-electron chi connectivity index (χ1n) is 7.04. The number of nitrogens with zero attached hydrogens (tertiary/aromatic N) is 1. The van der Waals surface area contributed by atoms with Gasteiger partial charge in [-0.1, -0.05) is 43.3 Å². The smallest absolute Gasteiger partial charge is 0.145 e. The van der Waals surface area contributed by atoms with Crippen molar-refractivity contribution in [1.29, 1.82) is 0 Å². The van der Waals surface area contributed by atoms with Crippen LogP contribution in [0.15, 0.2) is 29.4 Å². The van der Waals surface area contributed by atoms with Crippen LogP contribution in [0.2, 0.25) is 0 Å². The zero-order valence-corrected chi connectivity index (χ0v) is 12.7. The molecule has 0 heterocycles. The van der Waals surface area contributed by atoms with Crippen molar-refractivity contribution in [2.24, 2.45) is 5.16 Å². The molecule has 0 aliphatic heterocycles. The molecule has 112 valence electrons. The normalized spacial score (nSPS) is 13.3. The van der Waals surface area contributed by atoms with Crippen molar-refractivity contribution >= 4 is 6.21 Å². The third-order valence-corrected chi connectivity index (χ3v) is 2.77. The molecule has 1 aromatic carbocycles. The second-order valence-corrected chi connectivity index (χ2v) is 5.39. The first-order chi connectivity index (χ1) is 9.49. The highest BCUT2D eigenvalue weighted by Gasteiger charge is 2.05. The molecule has 0 spiro atoms. The molecule has 4 heteroatoms. The van der Waals surface area contributed by atoms with Crippen molar-refractivity contribution in [3.05, 3.63) is 35.4 Å². The minimum atomic E-state index is -0.655. The van der Waals surface area contributed by atoms with E-state index in [1.165, 1.54) is 5.56 Å². The molecule has 4 nitrogen and oxygen atoms in total. The van der Waals surface area contributed by atoms with Gasteiger partial charge in [-0.2, -0.15) is 0 Å². The topological polar surface area (TPSA) is 51.0 Å². The summed E-state index contributed by atoms with van der Waals surface area (Å²) in [4.78, 5) is 5.05. The molecule has 0 amide bonds. The van der Waals surface area contributed by atoms with Gasteiger partial charge in [-0.05, 0) is 30.9 Å². The van der Waals surface area contributed by atoms with Gasteiger partial charge in [0.1, 0.15) is 12.7 Å². The zero-order chi connectivity index (χ0) is 15.0.